The van der Waals surface area contributed by atoms with Crippen LogP contribution in [-0.2, 0) is 16.1 Å². The third-order valence-electron chi connectivity index (χ3n) is 3.99. The maximum Gasteiger partial charge on any atom is 0.251 e. The zero-order chi connectivity index (χ0) is 14.8. The van der Waals surface area contributed by atoms with E-state index in [9.17, 15) is 4.79 Å². The lowest BCUT2D eigenvalue weighted by atomic mass is 10.1. The van der Waals surface area contributed by atoms with Crippen LogP contribution in [0.15, 0.2) is 29.6 Å². The number of nitrogens with zero attached hydrogens (tertiary/aromatic N) is 1. The van der Waals surface area contributed by atoms with Crippen molar-refractivity contribution in [3.63, 3.8) is 0 Å². The Balaban J connectivity index is 0.00000176. The minimum absolute atomic E-state index is 0. The second-order valence-corrected chi connectivity index (χ2v) is 6.42. The summed E-state index contributed by atoms with van der Waals surface area (Å²) in [6, 6.07) is 8.29. The Morgan fingerprint density at radius 1 is 1.41 bits per heavy atom. The summed E-state index contributed by atoms with van der Waals surface area (Å²) in [4.78, 5) is 14.2. The van der Waals surface area contributed by atoms with E-state index in [1.807, 2.05) is 19.2 Å². The third-order valence-corrected chi connectivity index (χ3v) is 5.00. The molecule has 3 rings (SSSR count). The van der Waals surface area contributed by atoms with Gasteiger partial charge in [0.15, 0.2) is 0 Å². The highest BCUT2D eigenvalue weighted by Gasteiger charge is 2.31. The molecule has 1 amide bonds. The molecule has 0 spiro atoms. The molecule has 1 aromatic heterocycles. The van der Waals surface area contributed by atoms with Crippen LogP contribution in [0.25, 0.3) is 10.1 Å². The maximum absolute atomic E-state index is 12.4. The summed E-state index contributed by atoms with van der Waals surface area (Å²) in [5, 5.41) is 3.36. The van der Waals surface area contributed by atoms with Crippen molar-refractivity contribution in [2.24, 2.45) is 5.73 Å². The molecule has 1 aromatic carbocycles. The van der Waals surface area contributed by atoms with Gasteiger partial charge in [-0.25, -0.2) is 0 Å². The quantitative estimate of drug-likeness (QED) is 0.931. The number of rotatable bonds is 4. The van der Waals surface area contributed by atoms with Crippen molar-refractivity contribution in [1.29, 1.82) is 0 Å². The zero-order valence-electron chi connectivity index (χ0n) is 12.5. The van der Waals surface area contributed by atoms with Gasteiger partial charge in [0, 0.05) is 24.8 Å². The SMILES string of the molecule is CN(Cc1csc2ccccc12)C(=O)[C@@H]1CC[C@H](CN)O1.Cl. The van der Waals surface area contributed by atoms with Crippen LogP contribution in [0.4, 0.5) is 0 Å². The number of hydrogen-bond donors (Lipinski definition) is 1. The summed E-state index contributed by atoms with van der Waals surface area (Å²) in [5.41, 5.74) is 6.79. The van der Waals surface area contributed by atoms with Crippen molar-refractivity contribution in [3.8, 4) is 0 Å². The number of hydrogen-bond acceptors (Lipinski definition) is 4. The number of fused-ring (bicyclic) bond motifs is 1. The average Bonchev–Trinajstić information content (AvgIpc) is 3.14. The number of likely N-dealkylation sites (N-methyl/N-ethyl adjacent to an activating group) is 1. The highest BCUT2D eigenvalue weighted by atomic mass is 35.5. The Kier molecular flexibility index (Phi) is 5.81. The first-order chi connectivity index (χ1) is 10.2. The van der Waals surface area contributed by atoms with E-state index >= 15 is 0 Å². The summed E-state index contributed by atoms with van der Waals surface area (Å²) < 4.78 is 6.94. The summed E-state index contributed by atoms with van der Waals surface area (Å²) in [7, 11) is 1.84. The van der Waals surface area contributed by atoms with Crippen molar-refractivity contribution in [2.45, 2.75) is 31.6 Å². The molecular formula is C16H21ClN2O2S. The topological polar surface area (TPSA) is 55.6 Å². The van der Waals surface area contributed by atoms with Gasteiger partial charge in [-0.1, -0.05) is 18.2 Å². The molecule has 2 heterocycles. The molecule has 22 heavy (non-hydrogen) atoms. The summed E-state index contributed by atoms with van der Waals surface area (Å²) in [5.74, 6) is 0.0567. The number of benzene rings is 1. The monoisotopic (exact) mass is 340 g/mol. The van der Waals surface area contributed by atoms with Gasteiger partial charge in [-0.3, -0.25) is 4.79 Å². The lowest BCUT2D eigenvalue weighted by Gasteiger charge is -2.21. The van der Waals surface area contributed by atoms with Crippen molar-refractivity contribution in [2.75, 3.05) is 13.6 Å². The van der Waals surface area contributed by atoms with Crippen LogP contribution in [0.5, 0.6) is 0 Å². The van der Waals surface area contributed by atoms with Crippen molar-refractivity contribution >= 4 is 39.7 Å². The normalized spacial score (nSPS) is 20.8. The number of halogens is 1. The molecule has 2 atom stereocenters. The largest absolute Gasteiger partial charge is 0.364 e. The number of amides is 1. The lowest BCUT2D eigenvalue weighted by Crippen LogP contribution is -2.36. The molecule has 2 N–H and O–H groups in total. The molecule has 0 radical (unpaired) electrons. The predicted octanol–water partition coefficient (Wildman–Crippen LogP) is 2.79. The molecule has 0 saturated carbocycles. The van der Waals surface area contributed by atoms with Gasteiger partial charge >= 0.3 is 0 Å². The third kappa shape index (κ3) is 3.43. The van der Waals surface area contributed by atoms with Crippen LogP contribution in [0.2, 0.25) is 0 Å². The Labute approximate surface area is 140 Å². The molecular weight excluding hydrogens is 320 g/mol. The smallest absolute Gasteiger partial charge is 0.251 e. The molecule has 120 valence electrons. The van der Waals surface area contributed by atoms with Crippen molar-refractivity contribution in [1.82, 2.24) is 4.90 Å². The van der Waals surface area contributed by atoms with E-state index < -0.39 is 0 Å². The van der Waals surface area contributed by atoms with Crippen LogP contribution in [-0.4, -0.2) is 36.6 Å². The molecule has 0 unspecified atom stereocenters. The van der Waals surface area contributed by atoms with Gasteiger partial charge in [0.05, 0.1) is 6.10 Å². The summed E-state index contributed by atoms with van der Waals surface area (Å²) >= 11 is 1.72. The maximum atomic E-state index is 12.4. The van der Waals surface area contributed by atoms with E-state index in [2.05, 4.69) is 17.5 Å². The Bertz CT molecular complexity index is 646. The number of ether oxygens (including phenoxy) is 1. The van der Waals surface area contributed by atoms with E-state index in [0.717, 1.165) is 12.8 Å². The molecule has 0 bridgehead atoms. The van der Waals surface area contributed by atoms with E-state index in [-0.39, 0.29) is 30.5 Å². The number of carbonyl (C=O) groups excluding carboxylic acids is 1. The highest BCUT2D eigenvalue weighted by molar-refractivity contribution is 7.17. The van der Waals surface area contributed by atoms with E-state index in [4.69, 9.17) is 10.5 Å². The summed E-state index contributed by atoms with van der Waals surface area (Å²) in [6.07, 6.45) is 1.36. The van der Waals surface area contributed by atoms with Gasteiger partial charge in [-0.05, 0) is 35.2 Å². The molecule has 2 aromatic rings. The van der Waals surface area contributed by atoms with Crippen LogP contribution in [0.3, 0.4) is 0 Å². The molecule has 4 nitrogen and oxygen atoms in total. The van der Waals surface area contributed by atoms with Crippen molar-refractivity contribution in [3.05, 3.63) is 35.2 Å². The molecule has 1 saturated heterocycles. The Morgan fingerprint density at radius 3 is 2.91 bits per heavy atom. The van der Waals surface area contributed by atoms with Crippen LogP contribution in [0, 0.1) is 0 Å². The van der Waals surface area contributed by atoms with E-state index in [1.165, 1.54) is 15.6 Å². The first-order valence-electron chi connectivity index (χ1n) is 7.24. The van der Waals surface area contributed by atoms with Crippen molar-refractivity contribution < 1.29 is 9.53 Å². The zero-order valence-corrected chi connectivity index (χ0v) is 14.2. The first-order valence-corrected chi connectivity index (χ1v) is 8.12. The minimum atomic E-state index is -0.326. The van der Waals surface area contributed by atoms with Gasteiger partial charge in [-0.2, -0.15) is 0 Å². The fraction of sp³-hybridized carbons (Fsp3) is 0.438. The van der Waals surface area contributed by atoms with Gasteiger partial charge in [0.1, 0.15) is 6.10 Å². The molecule has 1 aliphatic heterocycles. The number of thiophene rings is 1. The van der Waals surface area contributed by atoms with E-state index in [1.54, 1.807) is 16.2 Å². The van der Waals surface area contributed by atoms with Gasteiger partial charge in [0.2, 0.25) is 0 Å². The number of carbonyl (C=O) groups is 1. The molecule has 6 heteroatoms. The van der Waals surface area contributed by atoms with Gasteiger partial charge in [0.25, 0.3) is 5.91 Å². The van der Waals surface area contributed by atoms with Crippen LogP contribution < -0.4 is 5.73 Å². The standard InChI is InChI=1S/C16H20N2O2S.ClH/c1-18(16(19)14-7-6-12(8-17)20-14)9-11-10-21-15-5-3-2-4-13(11)15;/h2-5,10,12,14H,6-9,17H2,1H3;1H/t12-,14+;/m1./s1. The summed E-state index contributed by atoms with van der Waals surface area (Å²) in [6.45, 7) is 1.11. The minimum Gasteiger partial charge on any atom is -0.364 e. The van der Waals surface area contributed by atoms with Gasteiger partial charge < -0.3 is 15.4 Å². The van der Waals surface area contributed by atoms with Crippen LogP contribution >= 0.6 is 23.7 Å². The van der Waals surface area contributed by atoms with E-state index in [0.29, 0.717) is 13.1 Å². The highest BCUT2D eigenvalue weighted by Crippen LogP contribution is 2.27. The molecule has 0 aliphatic carbocycles. The first kappa shape index (κ1) is 17.2. The fourth-order valence-corrected chi connectivity index (χ4v) is 3.75. The second kappa shape index (κ2) is 7.42. The molecule has 1 aliphatic rings. The Morgan fingerprint density at radius 2 is 2.18 bits per heavy atom. The fourth-order valence-electron chi connectivity index (χ4n) is 2.80. The number of nitrogens with two attached hydrogens (primary N) is 1. The van der Waals surface area contributed by atoms with Crippen LogP contribution in [0.1, 0.15) is 18.4 Å². The Hall–Kier alpha value is -1.14. The lowest BCUT2D eigenvalue weighted by molar-refractivity contribution is -0.141. The predicted molar refractivity (Wildman–Crippen MR) is 92.5 cm³/mol. The second-order valence-electron chi connectivity index (χ2n) is 5.51. The van der Waals surface area contributed by atoms with Gasteiger partial charge in [-0.15, -0.1) is 23.7 Å². The molecule has 1 fully saturated rings. The average molecular weight is 341 g/mol.